The number of fused-ring (bicyclic) bond motifs is 1. The number of likely N-dealkylation sites (tertiary alicyclic amines) is 1. The Morgan fingerprint density at radius 3 is 2.12 bits per heavy atom. The summed E-state index contributed by atoms with van der Waals surface area (Å²) in [4.78, 5) is 7.73. The van der Waals surface area contributed by atoms with Crippen LogP contribution in [0.2, 0.25) is 0 Å². The average molecular weight is 464 g/mol. The van der Waals surface area contributed by atoms with Gasteiger partial charge >= 0.3 is 0 Å². The van der Waals surface area contributed by atoms with Crippen molar-refractivity contribution in [1.29, 1.82) is 0 Å². The van der Waals surface area contributed by atoms with Crippen molar-refractivity contribution in [1.82, 2.24) is 4.90 Å². The van der Waals surface area contributed by atoms with Crippen molar-refractivity contribution < 1.29 is 9.47 Å². The van der Waals surface area contributed by atoms with Gasteiger partial charge in [0.15, 0.2) is 0 Å². The van der Waals surface area contributed by atoms with Gasteiger partial charge < -0.3 is 24.2 Å². The second-order valence-corrected chi connectivity index (χ2v) is 11.1. The van der Waals surface area contributed by atoms with Gasteiger partial charge in [-0.25, -0.2) is 0 Å². The third-order valence-corrected chi connectivity index (χ3v) is 8.72. The quantitative estimate of drug-likeness (QED) is 0.611. The number of benzene rings is 2. The summed E-state index contributed by atoms with van der Waals surface area (Å²) in [6, 6.07) is 10.8. The molecule has 5 nitrogen and oxygen atoms in total. The van der Waals surface area contributed by atoms with Crippen molar-refractivity contribution in [3.63, 3.8) is 0 Å². The summed E-state index contributed by atoms with van der Waals surface area (Å²) >= 11 is 0. The van der Waals surface area contributed by atoms with Gasteiger partial charge in [0, 0.05) is 55.1 Å². The number of aryl methyl sites for hydroxylation is 1. The lowest BCUT2D eigenvalue weighted by molar-refractivity contribution is 0.0431. The van der Waals surface area contributed by atoms with Gasteiger partial charge in [0.1, 0.15) is 17.1 Å². The second-order valence-electron chi connectivity index (χ2n) is 11.1. The zero-order chi connectivity index (χ0) is 24.1. The van der Waals surface area contributed by atoms with Crippen LogP contribution in [0.3, 0.4) is 0 Å². The molecule has 2 fully saturated rings. The van der Waals surface area contributed by atoms with Crippen molar-refractivity contribution in [3.05, 3.63) is 47.0 Å². The fourth-order valence-corrected chi connectivity index (χ4v) is 6.52. The molecule has 0 aliphatic carbocycles. The van der Waals surface area contributed by atoms with Crippen LogP contribution in [0, 0.1) is 13.8 Å². The molecule has 3 heterocycles. The summed E-state index contributed by atoms with van der Waals surface area (Å²) in [5, 5.41) is 0. The Balaban J connectivity index is 1.41. The zero-order valence-corrected chi connectivity index (χ0v) is 21.9. The van der Waals surface area contributed by atoms with Gasteiger partial charge in [0.25, 0.3) is 0 Å². The highest BCUT2D eigenvalue weighted by Crippen LogP contribution is 2.53. The Morgan fingerprint density at radius 1 is 0.882 bits per heavy atom. The highest BCUT2D eigenvalue weighted by Gasteiger charge is 2.53. The molecule has 1 atom stereocenters. The van der Waals surface area contributed by atoms with E-state index < -0.39 is 0 Å². The van der Waals surface area contributed by atoms with E-state index in [2.05, 4.69) is 79.7 Å². The van der Waals surface area contributed by atoms with Crippen LogP contribution >= 0.6 is 0 Å². The highest BCUT2D eigenvalue weighted by atomic mass is 16.5. The van der Waals surface area contributed by atoms with E-state index in [9.17, 15) is 0 Å². The standard InChI is InChI=1S/C29H41N3O2/c1-21-19-25-26(29(5,28(3,4)34-25)20-30-13-7-8-14-30)22(2)27(21)32-17-15-31(16-18-32)23-9-11-24(33-6)12-10-23/h9-12,19H,7-8,13-18,20H2,1-6H3. The zero-order valence-electron chi connectivity index (χ0n) is 21.9. The lowest BCUT2D eigenvalue weighted by Crippen LogP contribution is -2.51. The number of ether oxygens (including phenoxy) is 2. The highest BCUT2D eigenvalue weighted by molar-refractivity contribution is 5.69. The molecule has 0 saturated carbocycles. The molecule has 1 unspecified atom stereocenters. The largest absolute Gasteiger partial charge is 0.497 e. The smallest absolute Gasteiger partial charge is 0.124 e. The number of anilines is 2. The molecule has 3 aliphatic rings. The van der Waals surface area contributed by atoms with Crippen molar-refractivity contribution in [2.75, 3.05) is 62.7 Å². The molecule has 0 N–H and O–H groups in total. The Labute approximate surface area is 205 Å². The van der Waals surface area contributed by atoms with Gasteiger partial charge in [-0.1, -0.05) is 6.92 Å². The minimum Gasteiger partial charge on any atom is -0.497 e. The fourth-order valence-electron chi connectivity index (χ4n) is 6.52. The van der Waals surface area contributed by atoms with Crippen molar-refractivity contribution in [2.24, 2.45) is 0 Å². The SMILES string of the molecule is COc1ccc(N2CCN(c3c(C)cc4c(c3C)C(C)(CN3CCCC3)C(C)(C)O4)CC2)cc1. The number of methoxy groups -OCH3 is 1. The van der Waals surface area contributed by atoms with Gasteiger partial charge in [0.05, 0.1) is 7.11 Å². The molecule has 2 aromatic carbocycles. The van der Waals surface area contributed by atoms with Crippen LogP contribution in [0.1, 0.15) is 50.3 Å². The first-order valence-electron chi connectivity index (χ1n) is 12.9. The van der Waals surface area contributed by atoms with E-state index in [1.165, 1.54) is 54.0 Å². The predicted octanol–water partition coefficient (Wildman–Crippen LogP) is 5.16. The Morgan fingerprint density at radius 2 is 1.50 bits per heavy atom. The number of rotatable bonds is 5. The third-order valence-electron chi connectivity index (χ3n) is 8.72. The molecule has 0 bridgehead atoms. The van der Waals surface area contributed by atoms with E-state index in [1.807, 2.05) is 0 Å². The molecule has 0 aromatic heterocycles. The molecule has 2 saturated heterocycles. The van der Waals surface area contributed by atoms with Crippen molar-refractivity contribution in [2.45, 2.75) is 58.5 Å². The molecule has 2 aromatic rings. The summed E-state index contributed by atoms with van der Waals surface area (Å²) in [5.41, 5.74) is 6.63. The Bertz CT molecular complexity index is 1030. The van der Waals surface area contributed by atoms with Gasteiger partial charge in [-0.3, -0.25) is 0 Å². The first-order valence-corrected chi connectivity index (χ1v) is 12.9. The molecule has 5 rings (SSSR count). The van der Waals surface area contributed by atoms with Crippen LogP contribution in [0.25, 0.3) is 0 Å². The van der Waals surface area contributed by atoms with Crippen molar-refractivity contribution in [3.8, 4) is 11.5 Å². The van der Waals surface area contributed by atoms with Gasteiger partial charge in [-0.15, -0.1) is 0 Å². The maximum Gasteiger partial charge on any atom is 0.124 e. The number of hydrogen-bond acceptors (Lipinski definition) is 5. The lowest BCUT2D eigenvalue weighted by atomic mass is 9.69. The van der Waals surface area contributed by atoms with Crippen LogP contribution in [-0.2, 0) is 5.41 Å². The average Bonchev–Trinajstić information content (AvgIpc) is 3.38. The summed E-state index contributed by atoms with van der Waals surface area (Å²) in [6.07, 6.45) is 2.64. The van der Waals surface area contributed by atoms with E-state index in [0.717, 1.165) is 44.2 Å². The van der Waals surface area contributed by atoms with Gasteiger partial charge in [-0.05, 0) is 95.1 Å². The number of hydrogen-bond donors (Lipinski definition) is 0. The molecule has 3 aliphatic heterocycles. The fraction of sp³-hybridized carbons (Fsp3) is 0.586. The minimum atomic E-state index is -0.221. The van der Waals surface area contributed by atoms with Crippen LogP contribution < -0.4 is 19.3 Å². The molecule has 184 valence electrons. The second kappa shape index (κ2) is 8.67. The first kappa shape index (κ1) is 23.3. The normalized spacial score (nSPS) is 24.3. The molecule has 34 heavy (non-hydrogen) atoms. The predicted molar refractivity (Wildman–Crippen MR) is 141 cm³/mol. The summed E-state index contributed by atoms with van der Waals surface area (Å²) < 4.78 is 12.0. The van der Waals surface area contributed by atoms with Crippen LogP contribution in [0.4, 0.5) is 11.4 Å². The first-order chi connectivity index (χ1) is 16.2. The number of piperazine rings is 1. The van der Waals surface area contributed by atoms with Crippen LogP contribution in [0.5, 0.6) is 11.5 Å². The molecular weight excluding hydrogens is 422 g/mol. The maximum atomic E-state index is 6.65. The molecule has 0 spiro atoms. The Kier molecular flexibility index (Phi) is 5.96. The maximum absolute atomic E-state index is 6.65. The molecule has 0 amide bonds. The summed E-state index contributed by atoms with van der Waals surface area (Å²) in [6.45, 7) is 19.2. The monoisotopic (exact) mass is 463 g/mol. The van der Waals surface area contributed by atoms with Crippen molar-refractivity contribution >= 4 is 11.4 Å². The van der Waals surface area contributed by atoms with E-state index in [0.29, 0.717) is 0 Å². The molecule has 0 radical (unpaired) electrons. The minimum absolute atomic E-state index is 0.0237. The topological polar surface area (TPSA) is 28.2 Å². The van der Waals surface area contributed by atoms with E-state index in [4.69, 9.17) is 9.47 Å². The van der Waals surface area contributed by atoms with Crippen LogP contribution in [0.15, 0.2) is 30.3 Å². The van der Waals surface area contributed by atoms with Gasteiger partial charge in [-0.2, -0.15) is 0 Å². The van der Waals surface area contributed by atoms with E-state index in [1.54, 1.807) is 7.11 Å². The molecule has 5 heteroatoms. The summed E-state index contributed by atoms with van der Waals surface area (Å²) in [5.74, 6) is 2.01. The van der Waals surface area contributed by atoms with Crippen LogP contribution in [-0.4, -0.2) is 63.4 Å². The van der Waals surface area contributed by atoms with E-state index >= 15 is 0 Å². The third kappa shape index (κ3) is 3.82. The summed E-state index contributed by atoms with van der Waals surface area (Å²) in [7, 11) is 1.72. The number of nitrogens with zero attached hydrogens (tertiary/aromatic N) is 3. The van der Waals surface area contributed by atoms with Gasteiger partial charge in [0.2, 0.25) is 0 Å². The Hall–Kier alpha value is -2.40. The molecular formula is C29H41N3O2. The van der Waals surface area contributed by atoms with E-state index in [-0.39, 0.29) is 11.0 Å². The lowest BCUT2D eigenvalue weighted by Gasteiger charge is -2.42.